The maximum Gasteiger partial charge on any atom is 0.0397 e. The van der Waals surface area contributed by atoms with Gasteiger partial charge in [0, 0.05) is 21.4 Å². The molecule has 0 N–H and O–H groups in total. The lowest BCUT2D eigenvalue weighted by Crippen LogP contribution is -2.16. The first kappa shape index (κ1) is 29.0. The Bertz CT molecular complexity index is 1550. The highest BCUT2D eigenvalue weighted by Crippen LogP contribution is 2.51. The summed E-state index contributed by atoms with van der Waals surface area (Å²) >= 11 is 0. The zero-order valence-electron chi connectivity index (χ0n) is 26.7. The number of rotatable bonds is 8. The molecule has 0 saturated heterocycles. The van der Waals surface area contributed by atoms with Gasteiger partial charge >= 0.3 is 0 Å². The van der Waals surface area contributed by atoms with E-state index >= 15 is 0 Å². The van der Waals surface area contributed by atoms with E-state index in [0.717, 1.165) is 21.4 Å². The highest BCUT2D eigenvalue weighted by atomic mass is 28.2. The summed E-state index contributed by atoms with van der Waals surface area (Å²) in [5.74, 6) is 2.71. The molecule has 0 heterocycles. The largest absolute Gasteiger partial charge is 0.0622 e. The van der Waals surface area contributed by atoms with Crippen molar-refractivity contribution < 1.29 is 0 Å². The summed E-state index contributed by atoms with van der Waals surface area (Å²) in [6.07, 6.45) is 19.3. The Morgan fingerprint density at radius 3 is 1.29 bits per heavy atom. The molecule has 0 aromatic heterocycles. The SMILES string of the molecule is C1=C(C2CCCCC2)C(C[Si]CC2C(C3CCCCC3)=Cc3c(-c4ccccc4)cccc32)c2cccc(-c3ccccc3)c21. The van der Waals surface area contributed by atoms with Crippen LogP contribution in [0.4, 0.5) is 0 Å². The zero-order valence-corrected chi connectivity index (χ0v) is 27.7. The highest BCUT2D eigenvalue weighted by Gasteiger charge is 2.35. The maximum absolute atomic E-state index is 2.66. The molecule has 2 unspecified atom stereocenters. The molecule has 2 atom stereocenters. The zero-order chi connectivity index (χ0) is 30.0. The van der Waals surface area contributed by atoms with Crippen molar-refractivity contribution in [2.45, 2.75) is 88.1 Å². The van der Waals surface area contributed by atoms with Crippen molar-refractivity contribution in [1.29, 1.82) is 0 Å². The van der Waals surface area contributed by atoms with Crippen LogP contribution in [-0.2, 0) is 0 Å². The van der Waals surface area contributed by atoms with Gasteiger partial charge in [0.15, 0.2) is 0 Å². The average molecular weight is 603 g/mol. The molecule has 2 radical (unpaired) electrons. The fourth-order valence-electron chi connectivity index (χ4n) is 9.23. The van der Waals surface area contributed by atoms with Gasteiger partial charge in [-0.05, 0) is 82.0 Å². The summed E-state index contributed by atoms with van der Waals surface area (Å²) in [6, 6.07) is 39.1. The van der Waals surface area contributed by atoms with Gasteiger partial charge in [0.1, 0.15) is 0 Å². The monoisotopic (exact) mass is 602 g/mol. The smallest absolute Gasteiger partial charge is 0.0397 e. The minimum absolute atomic E-state index is 0.587. The van der Waals surface area contributed by atoms with E-state index in [0.29, 0.717) is 11.8 Å². The third kappa shape index (κ3) is 5.74. The van der Waals surface area contributed by atoms with Crippen LogP contribution in [0, 0.1) is 11.8 Å². The highest BCUT2D eigenvalue weighted by molar-refractivity contribution is 6.36. The Kier molecular flexibility index (Phi) is 8.46. The van der Waals surface area contributed by atoms with Gasteiger partial charge < -0.3 is 0 Å². The third-order valence-corrected chi connectivity index (χ3v) is 12.9. The molecule has 4 aliphatic rings. The second-order valence-corrected chi connectivity index (χ2v) is 15.4. The first-order valence-corrected chi connectivity index (χ1v) is 19.3. The Balaban J connectivity index is 1.09. The van der Waals surface area contributed by atoms with E-state index in [1.54, 1.807) is 22.3 Å². The second kappa shape index (κ2) is 13.1. The molecule has 4 aromatic carbocycles. The fraction of sp³-hybridized carbons (Fsp3) is 0.364. The maximum atomic E-state index is 2.66. The molecule has 2 saturated carbocycles. The van der Waals surface area contributed by atoms with Crippen LogP contribution in [0.5, 0.6) is 0 Å². The van der Waals surface area contributed by atoms with Crippen molar-refractivity contribution in [2.75, 3.05) is 0 Å². The standard InChI is InChI=1S/C44H46Si/c1-5-15-31(16-6-1)35-23-13-25-37-41(35)27-39(33-19-9-3-10-20-33)43(37)29-45-30-44-38-26-14-24-36(32-17-7-2-8-18-32)42(38)28-40(44)34-21-11-4-12-22-34/h1-2,5-8,13-18,23-28,33-34,43-44H,3-4,9-12,19-22,29-30H2. The average Bonchev–Trinajstić information content (AvgIpc) is 3.68. The Morgan fingerprint density at radius 1 is 0.444 bits per heavy atom. The third-order valence-electron chi connectivity index (χ3n) is 11.5. The van der Waals surface area contributed by atoms with Gasteiger partial charge in [0.05, 0.1) is 0 Å². The molecule has 226 valence electrons. The molecule has 2 fully saturated rings. The van der Waals surface area contributed by atoms with Crippen LogP contribution in [0.25, 0.3) is 34.4 Å². The van der Waals surface area contributed by atoms with Gasteiger partial charge in [-0.25, -0.2) is 0 Å². The minimum Gasteiger partial charge on any atom is -0.0622 e. The predicted octanol–water partition coefficient (Wildman–Crippen LogP) is 12.4. The number of hydrogen-bond acceptors (Lipinski definition) is 0. The molecule has 0 bridgehead atoms. The van der Waals surface area contributed by atoms with E-state index in [-0.39, 0.29) is 0 Å². The van der Waals surface area contributed by atoms with E-state index in [1.165, 1.54) is 110 Å². The first-order valence-electron chi connectivity index (χ1n) is 17.9. The van der Waals surface area contributed by atoms with Crippen molar-refractivity contribution in [3.8, 4) is 22.3 Å². The number of fused-ring (bicyclic) bond motifs is 2. The predicted molar refractivity (Wildman–Crippen MR) is 194 cm³/mol. The molecule has 1 heteroatoms. The number of hydrogen-bond donors (Lipinski definition) is 0. The summed E-state index contributed by atoms with van der Waals surface area (Å²) in [6.45, 7) is 0. The van der Waals surface area contributed by atoms with E-state index in [4.69, 9.17) is 0 Å². The first-order chi connectivity index (χ1) is 22.3. The van der Waals surface area contributed by atoms with Crippen LogP contribution in [0.15, 0.2) is 108 Å². The van der Waals surface area contributed by atoms with E-state index in [9.17, 15) is 0 Å². The molecular formula is C44H46Si. The quantitative estimate of drug-likeness (QED) is 0.176. The molecule has 0 spiro atoms. The lowest BCUT2D eigenvalue weighted by Gasteiger charge is -2.29. The van der Waals surface area contributed by atoms with Gasteiger partial charge in [0.25, 0.3) is 0 Å². The normalized spacial score (nSPS) is 21.7. The Labute approximate surface area is 273 Å². The molecule has 8 rings (SSSR count). The van der Waals surface area contributed by atoms with Gasteiger partial charge in [-0.15, -0.1) is 0 Å². The fourth-order valence-corrected chi connectivity index (χ4v) is 10.9. The van der Waals surface area contributed by atoms with Gasteiger partial charge in [-0.3, -0.25) is 0 Å². The van der Waals surface area contributed by atoms with E-state index in [2.05, 4.69) is 109 Å². The Morgan fingerprint density at radius 2 is 0.867 bits per heavy atom. The molecule has 4 aromatic rings. The molecule has 0 nitrogen and oxygen atoms in total. The van der Waals surface area contributed by atoms with Crippen molar-refractivity contribution in [3.05, 3.63) is 130 Å². The van der Waals surface area contributed by atoms with Crippen molar-refractivity contribution in [1.82, 2.24) is 0 Å². The van der Waals surface area contributed by atoms with Gasteiger partial charge in [0.2, 0.25) is 0 Å². The van der Waals surface area contributed by atoms with Crippen LogP contribution in [-0.4, -0.2) is 9.52 Å². The molecule has 0 amide bonds. The topological polar surface area (TPSA) is 0 Å². The molecule has 45 heavy (non-hydrogen) atoms. The molecule has 0 aliphatic heterocycles. The van der Waals surface area contributed by atoms with Crippen molar-refractivity contribution in [2.24, 2.45) is 11.8 Å². The van der Waals surface area contributed by atoms with Gasteiger partial charge in [-0.1, -0.05) is 171 Å². The van der Waals surface area contributed by atoms with Crippen LogP contribution in [0.2, 0.25) is 12.1 Å². The summed E-state index contributed by atoms with van der Waals surface area (Å²) in [5.41, 5.74) is 15.3. The molecular weight excluding hydrogens is 557 g/mol. The van der Waals surface area contributed by atoms with E-state index in [1.807, 2.05) is 0 Å². The van der Waals surface area contributed by atoms with Crippen LogP contribution in [0.1, 0.15) is 98.3 Å². The summed E-state index contributed by atoms with van der Waals surface area (Å²) in [4.78, 5) is 0. The van der Waals surface area contributed by atoms with Gasteiger partial charge in [-0.2, -0.15) is 0 Å². The van der Waals surface area contributed by atoms with Crippen LogP contribution in [0.3, 0.4) is 0 Å². The number of allylic oxidation sites excluding steroid dienone is 2. The number of benzene rings is 4. The second-order valence-electron chi connectivity index (χ2n) is 14.1. The van der Waals surface area contributed by atoms with Crippen LogP contribution >= 0.6 is 0 Å². The lowest BCUT2D eigenvalue weighted by atomic mass is 9.79. The lowest BCUT2D eigenvalue weighted by molar-refractivity contribution is 0.392. The van der Waals surface area contributed by atoms with Crippen molar-refractivity contribution >= 4 is 21.7 Å². The summed E-state index contributed by atoms with van der Waals surface area (Å²) in [5, 5.41) is 0. The van der Waals surface area contributed by atoms with Crippen LogP contribution < -0.4 is 0 Å². The Hall–Kier alpha value is -3.42. The van der Waals surface area contributed by atoms with Crippen molar-refractivity contribution in [3.63, 3.8) is 0 Å². The minimum atomic E-state index is 0.587. The summed E-state index contributed by atoms with van der Waals surface area (Å²) in [7, 11) is 0.970. The molecule has 4 aliphatic carbocycles. The van der Waals surface area contributed by atoms with E-state index < -0.39 is 0 Å². The summed E-state index contributed by atoms with van der Waals surface area (Å²) < 4.78 is 0.